The van der Waals surface area contributed by atoms with Crippen LogP contribution >= 0.6 is 0 Å². The molecule has 0 aliphatic rings. The third kappa shape index (κ3) is 2.88. The fourth-order valence-electron chi connectivity index (χ4n) is 1.12. The molecule has 0 atom stereocenters. The zero-order chi connectivity index (χ0) is 12.1. The molecule has 1 aromatic rings. The summed E-state index contributed by atoms with van der Waals surface area (Å²) < 4.78 is 9.95. The first kappa shape index (κ1) is 11.8. The van der Waals surface area contributed by atoms with Crippen LogP contribution < -0.4 is 20.5 Å². The van der Waals surface area contributed by atoms with E-state index in [1.165, 1.54) is 26.4 Å². The Kier molecular flexibility index (Phi) is 3.71. The number of urea groups is 1. The van der Waals surface area contributed by atoms with Crippen LogP contribution in [0.25, 0.3) is 0 Å². The van der Waals surface area contributed by atoms with Crippen molar-refractivity contribution in [1.82, 2.24) is 5.32 Å². The summed E-state index contributed by atoms with van der Waals surface area (Å²) in [5.41, 5.74) is 5.07. The molecule has 3 N–H and O–H groups in total. The van der Waals surface area contributed by atoms with Crippen LogP contribution in [0.4, 0.5) is 4.79 Å². The zero-order valence-electron chi connectivity index (χ0n) is 8.94. The first-order valence-electron chi connectivity index (χ1n) is 4.40. The van der Waals surface area contributed by atoms with Gasteiger partial charge in [-0.1, -0.05) is 0 Å². The van der Waals surface area contributed by atoms with Crippen molar-refractivity contribution in [3.8, 4) is 11.5 Å². The second-order valence-corrected chi connectivity index (χ2v) is 2.92. The highest BCUT2D eigenvalue weighted by Gasteiger charge is 2.11. The summed E-state index contributed by atoms with van der Waals surface area (Å²) in [6.45, 7) is 0. The Morgan fingerprint density at radius 3 is 2.00 bits per heavy atom. The molecule has 0 aliphatic heterocycles. The zero-order valence-corrected chi connectivity index (χ0v) is 8.94. The van der Waals surface area contributed by atoms with Crippen molar-refractivity contribution in [3.05, 3.63) is 23.8 Å². The second-order valence-electron chi connectivity index (χ2n) is 2.92. The summed E-state index contributed by atoms with van der Waals surface area (Å²) in [6.07, 6.45) is 0. The van der Waals surface area contributed by atoms with E-state index < -0.39 is 11.9 Å². The summed E-state index contributed by atoms with van der Waals surface area (Å²) in [4.78, 5) is 22.0. The predicted octanol–water partition coefficient (Wildman–Crippen LogP) is 0.512. The average molecular weight is 224 g/mol. The monoisotopic (exact) mass is 224 g/mol. The Morgan fingerprint density at radius 2 is 1.62 bits per heavy atom. The van der Waals surface area contributed by atoms with Crippen molar-refractivity contribution in [3.63, 3.8) is 0 Å². The first-order valence-corrected chi connectivity index (χ1v) is 4.40. The van der Waals surface area contributed by atoms with Gasteiger partial charge in [-0.05, 0) is 12.1 Å². The van der Waals surface area contributed by atoms with Gasteiger partial charge < -0.3 is 15.2 Å². The second kappa shape index (κ2) is 5.01. The highest BCUT2D eigenvalue weighted by atomic mass is 16.5. The van der Waals surface area contributed by atoms with E-state index >= 15 is 0 Å². The van der Waals surface area contributed by atoms with Gasteiger partial charge in [0, 0.05) is 11.6 Å². The molecular formula is C10H12N2O4. The number of imide groups is 1. The summed E-state index contributed by atoms with van der Waals surface area (Å²) in [5.74, 6) is 0.299. The largest absolute Gasteiger partial charge is 0.497 e. The van der Waals surface area contributed by atoms with Crippen LogP contribution in [0.2, 0.25) is 0 Å². The molecule has 0 aromatic heterocycles. The molecule has 1 rings (SSSR count). The molecule has 0 spiro atoms. The van der Waals surface area contributed by atoms with Crippen LogP contribution in [0, 0.1) is 0 Å². The predicted molar refractivity (Wildman–Crippen MR) is 56.6 cm³/mol. The number of ether oxygens (including phenoxy) is 2. The molecule has 86 valence electrons. The van der Waals surface area contributed by atoms with Crippen molar-refractivity contribution in [2.45, 2.75) is 0 Å². The molecule has 0 saturated heterocycles. The molecule has 0 fully saturated rings. The summed E-state index contributed by atoms with van der Waals surface area (Å²) in [5, 5.41) is 1.95. The van der Waals surface area contributed by atoms with Gasteiger partial charge in [-0.3, -0.25) is 10.1 Å². The number of carbonyl (C=O) groups is 2. The Balaban J connectivity index is 3.02. The molecule has 0 aliphatic carbocycles. The van der Waals surface area contributed by atoms with Crippen molar-refractivity contribution >= 4 is 11.9 Å². The smallest absolute Gasteiger partial charge is 0.319 e. The van der Waals surface area contributed by atoms with Gasteiger partial charge in [0.15, 0.2) is 0 Å². The molecule has 3 amide bonds. The van der Waals surface area contributed by atoms with E-state index in [4.69, 9.17) is 15.2 Å². The number of benzene rings is 1. The quantitative estimate of drug-likeness (QED) is 0.782. The molecule has 0 radical (unpaired) electrons. The highest BCUT2D eigenvalue weighted by molar-refractivity contribution is 6.04. The average Bonchev–Trinajstić information content (AvgIpc) is 2.27. The van der Waals surface area contributed by atoms with Crippen molar-refractivity contribution in [2.24, 2.45) is 5.73 Å². The minimum absolute atomic E-state index is 0.231. The van der Waals surface area contributed by atoms with E-state index in [-0.39, 0.29) is 5.56 Å². The van der Waals surface area contributed by atoms with E-state index in [1.54, 1.807) is 6.07 Å². The minimum Gasteiger partial charge on any atom is -0.497 e. The van der Waals surface area contributed by atoms with Crippen LogP contribution in [0.3, 0.4) is 0 Å². The van der Waals surface area contributed by atoms with Gasteiger partial charge in [0.1, 0.15) is 11.5 Å². The van der Waals surface area contributed by atoms with Crippen molar-refractivity contribution in [2.75, 3.05) is 14.2 Å². The van der Waals surface area contributed by atoms with Gasteiger partial charge in [0.25, 0.3) is 5.91 Å². The lowest BCUT2D eigenvalue weighted by Gasteiger charge is -2.07. The van der Waals surface area contributed by atoms with Gasteiger partial charge in [-0.25, -0.2) is 4.79 Å². The number of primary amides is 1. The Hall–Kier alpha value is -2.24. The molecule has 6 nitrogen and oxygen atoms in total. The molecule has 0 unspecified atom stereocenters. The maximum absolute atomic E-state index is 11.5. The molecule has 0 saturated carbocycles. The van der Waals surface area contributed by atoms with Gasteiger partial charge in [-0.2, -0.15) is 0 Å². The Morgan fingerprint density at radius 1 is 1.12 bits per heavy atom. The molecule has 1 aromatic carbocycles. The van der Waals surface area contributed by atoms with Gasteiger partial charge >= 0.3 is 6.03 Å². The highest BCUT2D eigenvalue weighted by Crippen LogP contribution is 2.22. The van der Waals surface area contributed by atoms with Crippen LogP contribution in [-0.2, 0) is 0 Å². The van der Waals surface area contributed by atoms with E-state index in [0.717, 1.165) is 0 Å². The molecular weight excluding hydrogens is 212 g/mol. The maximum Gasteiger partial charge on any atom is 0.319 e. The Labute approximate surface area is 92.3 Å². The number of methoxy groups -OCH3 is 2. The molecule has 16 heavy (non-hydrogen) atoms. The van der Waals surface area contributed by atoms with E-state index in [9.17, 15) is 9.59 Å². The van der Waals surface area contributed by atoms with Crippen LogP contribution in [-0.4, -0.2) is 26.2 Å². The number of carbonyl (C=O) groups excluding carboxylic acids is 2. The number of nitrogens with two attached hydrogens (primary N) is 1. The van der Waals surface area contributed by atoms with Crippen molar-refractivity contribution in [1.29, 1.82) is 0 Å². The van der Waals surface area contributed by atoms with Gasteiger partial charge in [-0.15, -0.1) is 0 Å². The summed E-state index contributed by atoms with van der Waals surface area (Å²) >= 11 is 0. The summed E-state index contributed by atoms with van der Waals surface area (Å²) in [6, 6.07) is 3.65. The lowest BCUT2D eigenvalue weighted by Crippen LogP contribution is -2.34. The fourth-order valence-corrected chi connectivity index (χ4v) is 1.12. The number of hydrogen-bond acceptors (Lipinski definition) is 4. The fraction of sp³-hybridized carbons (Fsp3) is 0.200. The number of hydrogen-bond donors (Lipinski definition) is 2. The standard InChI is InChI=1S/C10H12N2O4/c1-15-7-3-6(4-8(5-7)16-2)9(13)12-10(11)14/h3-5H,1-2H3,(H3,11,12,13,14). The van der Waals surface area contributed by atoms with Gasteiger partial charge in [0.05, 0.1) is 14.2 Å². The SMILES string of the molecule is COc1cc(OC)cc(C(=O)NC(N)=O)c1. The lowest BCUT2D eigenvalue weighted by atomic mass is 10.2. The van der Waals surface area contributed by atoms with E-state index in [1.807, 2.05) is 5.32 Å². The normalized spacial score (nSPS) is 9.38. The van der Waals surface area contributed by atoms with Crippen molar-refractivity contribution < 1.29 is 19.1 Å². The third-order valence-electron chi connectivity index (χ3n) is 1.85. The molecule has 6 heteroatoms. The number of nitrogens with one attached hydrogen (secondary N) is 1. The topological polar surface area (TPSA) is 90.7 Å². The number of amides is 3. The van der Waals surface area contributed by atoms with Crippen LogP contribution in [0.5, 0.6) is 11.5 Å². The minimum atomic E-state index is -0.910. The van der Waals surface area contributed by atoms with Crippen LogP contribution in [0.15, 0.2) is 18.2 Å². The number of rotatable bonds is 3. The Bertz CT molecular complexity index is 395. The van der Waals surface area contributed by atoms with E-state index in [2.05, 4.69) is 0 Å². The lowest BCUT2D eigenvalue weighted by molar-refractivity contribution is 0.0965. The molecule has 0 bridgehead atoms. The van der Waals surface area contributed by atoms with Crippen LogP contribution in [0.1, 0.15) is 10.4 Å². The van der Waals surface area contributed by atoms with Gasteiger partial charge in [0.2, 0.25) is 0 Å². The van der Waals surface area contributed by atoms with E-state index in [0.29, 0.717) is 11.5 Å². The first-order chi connectivity index (χ1) is 7.56. The maximum atomic E-state index is 11.5. The summed E-state index contributed by atoms with van der Waals surface area (Å²) in [7, 11) is 2.93. The third-order valence-corrected chi connectivity index (χ3v) is 1.85. The molecule has 0 heterocycles.